The summed E-state index contributed by atoms with van der Waals surface area (Å²) in [5.41, 5.74) is 3.18. The Bertz CT molecular complexity index is 823. The van der Waals surface area contributed by atoms with Crippen molar-refractivity contribution in [2.24, 2.45) is 0 Å². The van der Waals surface area contributed by atoms with Crippen molar-refractivity contribution >= 4 is 17.0 Å². The molecule has 124 valence electrons. The van der Waals surface area contributed by atoms with Crippen LogP contribution in [0.4, 0.5) is 0 Å². The summed E-state index contributed by atoms with van der Waals surface area (Å²) in [5.74, 6) is -0.0226. The van der Waals surface area contributed by atoms with Crippen LogP contribution in [-0.2, 0) is 4.74 Å². The SMILES string of the molecule is CC1COC(c2ccccc2)C(C)N1C(=O)c1cc2occc2[nH]1. The van der Waals surface area contributed by atoms with Gasteiger partial charge in [0.2, 0.25) is 0 Å². The molecule has 0 saturated carbocycles. The average Bonchev–Trinajstić information content (AvgIpc) is 3.17. The van der Waals surface area contributed by atoms with Gasteiger partial charge in [-0.2, -0.15) is 0 Å². The lowest BCUT2D eigenvalue weighted by atomic mass is 9.98. The highest BCUT2D eigenvalue weighted by molar-refractivity contribution is 5.97. The lowest BCUT2D eigenvalue weighted by Crippen LogP contribution is -2.53. The monoisotopic (exact) mass is 324 g/mol. The first-order chi connectivity index (χ1) is 11.6. The Kier molecular flexibility index (Phi) is 3.65. The van der Waals surface area contributed by atoms with Crippen LogP contribution in [0.15, 0.2) is 53.1 Å². The van der Waals surface area contributed by atoms with E-state index in [1.54, 1.807) is 12.3 Å². The van der Waals surface area contributed by atoms with Gasteiger partial charge in [0.05, 0.1) is 30.5 Å². The van der Waals surface area contributed by atoms with Gasteiger partial charge in [0.1, 0.15) is 11.8 Å². The van der Waals surface area contributed by atoms with Crippen LogP contribution >= 0.6 is 0 Å². The summed E-state index contributed by atoms with van der Waals surface area (Å²) < 4.78 is 11.4. The molecule has 3 heterocycles. The Hall–Kier alpha value is -2.53. The Balaban J connectivity index is 1.64. The molecule has 0 bridgehead atoms. The quantitative estimate of drug-likeness (QED) is 0.781. The van der Waals surface area contributed by atoms with Gasteiger partial charge in [-0.1, -0.05) is 30.3 Å². The highest BCUT2D eigenvalue weighted by atomic mass is 16.5. The topological polar surface area (TPSA) is 58.5 Å². The molecule has 1 fully saturated rings. The van der Waals surface area contributed by atoms with Gasteiger partial charge < -0.3 is 19.0 Å². The average molecular weight is 324 g/mol. The van der Waals surface area contributed by atoms with Gasteiger partial charge in [0, 0.05) is 12.1 Å². The second-order valence-electron chi connectivity index (χ2n) is 6.35. The van der Waals surface area contributed by atoms with Gasteiger partial charge in [-0.3, -0.25) is 4.79 Å². The number of ether oxygens (including phenoxy) is 1. The summed E-state index contributed by atoms with van der Waals surface area (Å²) in [6.07, 6.45) is 1.49. The Morgan fingerprint density at radius 1 is 1.21 bits per heavy atom. The highest BCUT2D eigenvalue weighted by Gasteiger charge is 2.38. The number of aromatic amines is 1. The van der Waals surface area contributed by atoms with E-state index in [0.717, 1.165) is 11.1 Å². The fourth-order valence-corrected chi connectivity index (χ4v) is 3.51. The van der Waals surface area contributed by atoms with Gasteiger partial charge >= 0.3 is 0 Å². The molecule has 1 amide bonds. The zero-order chi connectivity index (χ0) is 16.7. The molecule has 1 saturated heterocycles. The summed E-state index contributed by atoms with van der Waals surface area (Å²) in [4.78, 5) is 18.1. The van der Waals surface area contributed by atoms with Crippen molar-refractivity contribution in [1.82, 2.24) is 9.88 Å². The van der Waals surface area contributed by atoms with E-state index in [1.165, 1.54) is 0 Å². The fourth-order valence-electron chi connectivity index (χ4n) is 3.51. The molecular formula is C19H20N2O3. The maximum atomic E-state index is 13.1. The second kappa shape index (κ2) is 5.83. The van der Waals surface area contributed by atoms with Gasteiger partial charge in [-0.15, -0.1) is 0 Å². The van der Waals surface area contributed by atoms with Crippen molar-refractivity contribution in [3.63, 3.8) is 0 Å². The van der Waals surface area contributed by atoms with Crippen molar-refractivity contribution in [1.29, 1.82) is 0 Å². The van der Waals surface area contributed by atoms with E-state index < -0.39 is 0 Å². The molecule has 1 N–H and O–H groups in total. The summed E-state index contributed by atoms with van der Waals surface area (Å²) in [6, 6.07) is 13.6. The van der Waals surface area contributed by atoms with Crippen LogP contribution in [0.5, 0.6) is 0 Å². The third-order valence-corrected chi connectivity index (χ3v) is 4.70. The Morgan fingerprint density at radius 2 is 2.00 bits per heavy atom. The predicted molar refractivity (Wildman–Crippen MR) is 90.8 cm³/mol. The zero-order valence-electron chi connectivity index (χ0n) is 13.7. The Morgan fingerprint density at radius 3 is 2.75 bits per heavy atom. The van der Waals surface area contributed by atoms with Crippen molar-refractivity contribution in [3.8, 4) is 0 Å². The number of carbonyl (C=O) groups excluding carboxylic acids is 1. The van der Waals surface area contributed by atoms with Crippen molar-refractivity contribution in [3.05, 3.63) is 60.0 Å². The van der Waals surface area contributed by atoms with Gasteiger partial charge in [0.25, 0.3) is 5.91 Å². The van der Waals surface area contributed by atoms with Crippen molar-refractivity contribution < 1.29 is 13.9 Å². The molecule has 5 nitrogen and oxygen atoms in total. The molecule has 1 aliphatic rings. The van der Waals surface area contributed by atoms with E-state index >= 15 is 0 Å². The van der Waals surface area contributed by atoms with Crippen LogP contribution < -0.4 is 0 Å². The number of hydrogen-bond donors (Lipinski definition) is 1. The fraction of sp³-hybridized carbons (Fsp3) is 0.316. The molecule has 0 spiro atoms. The van der Waals surface area contributed by atoms with E-state index in [1.807, 2.05) is 55.1 Å². The number of fused-ring (bicyclic) bond motifs is 1. The summed E-state index contributed by atoms with van der Waals surface area (Å²) in [7, 11) is 0. The first-order valence-corrected chi connectivity index (χ1v) is 8.20. The smallest absolute Gasteiger partial charge is 0.271 e. The van der Waals surface area contributed by atoms with Crippen LogP contribution in [-0.4, -0.2) is 34.5 Å². The lowest BCUT2D eigenvalue weighted by molar-refractivity contribution is -0.0807. The molecule has 5 heteroatoms. The molecule has 3 atom stereocenters. The first kappa shape index (κ1) is 15.0. The molecule has 1 aromatic carbocycles. The lowest BCUT2D eigenvalue weighted by Gasteiger charge is -2.43. The van der Waals surface area contributed by atoms with Gasteiger partial charge in [0.15, 0.2) is 5.58 Å². The van der Waals surface area contributed by atoms with Crippen LogP contribution in [0.3, 0.4) is 0 Å². The number of benzene rings is 1. The van der Waals surface area contributed by atoms with Crippen LogP contribution in [0.25, 0.3) is 11.1 Å². The number of amides is 1. The maximum Gasteiger partial charge on any atom is 0.271 e. The van der Waals surface area contributed by atoms with Crippen LogP contribution in [0.1, 0.15) is 36.0 Å². The molecule has 4 rings (SSSR count). The normalized spacial score (nSPS) is 24.4. The van der Waals surface area contributed by atoms with Crippen molar-refractivity contribution in [2.45, 2.75) is 32.0 Å². The van der Waals surface area contributed by atoms with Crippen LogP contribution in [0, 0.1) is 0 Å². The molecule has 1 aliphatic heterocycles. The highest BCUT2D eigenvalue weighted by Crippen LogP contribution is 2.32. The minimum absolute atomic E-state index is 0.0158. The molecule has 0 radical (unpaired) electrons. The molecule has 24 heavy (non-hydrogen) atoms. The third kappa shape index (κ3) is 2.41. The molecular weight excluding hydrogens is 304 g/mol. The number of nitrogens with zero attached hydrogens (tertiary/aromatic N) is 1. The molecule has 0 aliphatic carbocycles. The first-order valence-electron chi connectivity index (χ1n) is 8.20. The second-order valence-corrected chi connectivity index (χ2v) is 6.35. The number of nitrogens with one attached hydrogen (secondary N) is 1. The number of carbonyl (C=O) groups is 1. The number of aromatic nitrogens is 1. The largest absolute Gasteiger partial charge is 0.463 e. The standard InChI is InChI=1S/C19H20N2O3/c1-12-11-24-18(14-6-4-3-5-7-14)13(2)21(12)19(22)16-10-17-15(20-16)8-9-23-17/h3-10,12-13,18,20H,11H2,1-2H3. The summed E-state index contributed by atoms with van der Waals surface area (Å²) in [5, 5.41) is 0. The van der Waals surface area contributed by atoms with E-state index in [4.69, 9.17) is 9.15 Å². The number of morpholine rings is 1. The third-order valence-electron chi connectivity index (χ3n) is 4.70. The minimum Gasteiger partial charge on any atom is -0.463 e. The molecule has 3 aromatic rings. The zero-order valence-corrected chi connectivity index (χ0v) is 13.7. The van der Waals surface area contributed by atoms with Gasteiger partial charge in [-0.05, 0) is 19.4 Å². The molecule has 2 aromatic heterocycles. The van der Waals surface area contributed by atoms with E-state index in [9.17, 15) is 4.79 Å². The van der Waals surface area contributed by atoms with E-state index in [-0.39, 0.29) is 24.1 Å². The number of H-pyrrole nitrogens is 1. The number of rotatable bonds is 2. The number of hydrogen-bond acceptors (Lipinski definition) is 3. The molecule has 3 unspecified atom stereocenters. The Labute approximate surface area is 140 Å². The minimum atomic E-state index is -0.121. The van der Waals surface area contributed by atoms with E-state index in [2.05, 4.69) is 4.98 Å². The van der Waals surface area contributed by atoms with E-state index in [0.29, 0.717) is 17.9 Å². The van der Waals surface area contributed by atoms with Gasteiger partial charge in [-0.25, -0.2) is 0 Å². The predicted octanol–water partition coefficient (Wildman–Crippen LogP) is 3.75. The van der Waals surface area contributed by atoms with Crippen LogP contribution in [0.2, 0.25) is 0 Å². The number of furan rings is 1. The summed E-state index contributed by atoms with van der Waals surface area (Å²) in [6.45, 7) is 4.58. The van der Waals surface area contributed by atoms with Crippen molar-refractivity contribution in [2.75, 3.05) is 6.61 Å². The summed E-state index contributed by atoms with van der Waals surface area (Å²) >= 11 is 0. The maximum absolute atomic E-state index is 13.1.